The van der Waals surface area contributed by atoms with Gasteiger partial charge in [0, 0.05) is 31.4 Å². The van der Waals surface area contributed by atoms with Crippen molar-refractivity contribution >= 4 is 11.7 Å². The molecular weight excluding hydrogens is 348 g/mol. The first kappa shape index (κ1) is 18.8. The normalized spacial score (nSPS) is 14.0. The summed E-state index contributed by atoms with van der Waals surface area (Å²) >= 11 is 0. The molecule has 2 aromatic rings. The highest BCUT2D eigenvalue weighted by Crippen LogP contribution is 2.21. The zero-order chi connectivity index (χ0) is 19.1. The molecule has 0 spiro atoms. The Morgan fingerprint density at radius 1 is 1.26 bits per heavy atom. The van der Waals surface area contributed by atoms with Gasteiger partial charge in [-0.15, -0.1) is 0 Å². The van der Waals surface area contributed by atoms with E-state index in [9.17, 15) is 9.59 Å². The molecule has 9 heteroatoms. The Hall–Kier alpha value is -2.97. The maximum Gasteiger partial charge on any atom is 0.267 e. The van der Waals surface area contributed by atoms with Crippen LogP contribution >= 0.6 is 0 Å². The lowest BCUT2D eigenvalue weighted by Crippen LogP contribution is -2.35. The van der Waals surface area contributed by atoms with Gasteiger partial charge in [-0.1, -0.05) is 0 Å². The standard InChI is InChI=1S/C18H24N6O3/c1-14-21-15(23-9-3-2-4-10-23)12-17(22-14)27-11-8-19-16(25)13-24-18(26)6-5-7-20-24/h5-7,12H,2-4,8-11,13H2,1H3,(H,19,25). The Morgan fingerprint density at radius 2 is 2.07 bits per heavy atom. The van der Waals surface area contributed by atoms with Gasteiger partial charge in [0.05, 0.1) is 6.54 Å². The van der Waals surface area contributed by atoms with E-state index in [1.807, 2.05) is 13.0 Å². The second-order valence-corrected chi connectivity index (χ2v) is 6.38. The van der Waals surface area contributed by atoms with Crippen LogP contribution in [0.3, 0.4) is 0 Å². The minimum Gasteiger partial charge on any atom is -0.476 e. The SMILES string of the molecule is Cc1nc(OCCNC(=O)Cn2ncccc2=O)cc(N2CCCCC2)n1. The number of aromatic nitrogens is 4. The summed E-state index contributed by atoms with van der Waals surface area (Å²) in [5.74, 6) is 1.74. The van der Waals surface area contributed by atoms with Crippen molar-refractivity contribution < 1.29 is 9.53 Å². The molecule has 0 atom stereocenters. The van der Waals surface area contributed by atoms with Crippen LogP contribution < -0.4 is 20.5 Å². The van der Waals surface area contributed by atoms with Crippen molar-refractivity contribution in [2.24, 2.45) is 0 Å². The van der Waals surface area contributed by atoms with Gasteiger partial charge in [-0.2, -0.15) is 10.1 Å². The minimum atomic E-state index is -0.314. The van der Waals surface area contributed by atoms with Gasteiger partial charge in [-0.3, -0.25) is 9.59 Å². The Balaban J connectivity index is 1.47. The van der Waals surface area contributed by atoms with Gasteiger partial charge in [-0.25, -0.2) is 9.67 Å². The Labute approximate surface area is 157 Å². The lowest BCUT2D eigenvalue weighted by atomic mass is 10.1. The zero-order valence-electron chi connectivity index (χ0n) is 15.4. The molecule has 0 saturated carbocycles. The van der Waals surface area contributed by atoms with Crippen LogP contribution in [-0.2, 0) is 11.3 Å². The highest BCUT2D eigenvalue weighted by molar-refractivity contribution is 5.75. The van der Waals surface area contributed by atoms with Crippen LogP contribution in [0.4, 0.5) is 5.82 Å². The highest BCUT2D eigenvalue weighted by atomic mass is 16.5. The van der Waals surface area contributed by atoms with Gasteiger partial charge in [0.2, 0.25) is 11.8 Å². The molecule has 27 heavy (non-hydrogen) atoms. The van der Waals surface area contributed by atoms with Crippen LogP contribution in [0.15, 0.2) is 29.2 Å². The third-order valence-electron chi connectivity index (χ3n) is 4.23. The molecule has 1 saturated heterocycles. The number of ether oxygens (including phenoxy) is 1. The van der Waals surface area contributed by atoms with E-state index in [2.05, 4.69) is 25.3 Å². The van der Waals surface area contributed by atoms with Crippen molar-refractivity contribution in [1.82, 2.24) is 25.1 Å². The molecule has 1 N–H and O–H groups in total. The summed E-state index contributed by atoms with van der Waals surface area (Å²) in [6.45, 7) is 4.30. The van der Waals surface area contributed by atoms with Crippen LogP contribution in [0.25, 0.3) is 0 Å². The fourth-order valence-corrected chi connectivity index (χ4v) is 2.93. The van der Waals surface area contributed by atoms with Crippen molar-refractivity contribution in [2.45, 2.75) is 32.7 Å². The third-order valence-corrected chi connectivity index (χ3v) is 4.23. The van der Waals surface area contributed by atoms with Gasteiger partial charge in [0.1, 0.15) is 24.8 Å². The Kier molecular flexibility index (Phi) is 6.35. The molecule has 144 valence electrons. The number of carbonyl (C=O) groups is 1. The number of piperidine rings is 1. The van der Waals surface area contributed by atoms with Crippen molar-refractivity contribution in [2.75, 3.05) is 31.1 Å². The van der Waals surface area contributed by atoms with E-state index >= 15 is 0 Å². The number of hydrogen-bond donors (Lipinski definition) is 1. The Bertz CT molecular complexity index is 832. The van der Waals surface area contributed by atoms with Crippen LogP contribution in [-0.4, -0.2) is 51.9 Å². The number of nitrogens with one attached hydrogen (secondary N) is 1. The summed E-state index contributed by atoms with van der Waals surface area (Å²) in [6, 6.07) is 4.74. The van der Waals surface area contributed by atoms with Gasteiger partial charge in [0.25, 0.3) is 5.56 Å². The van der Waals surface area contributed by atoms with Gasteiger partial charge < -0.3 is 15.0 Å². The molecule has 0 aliphatic carbocycles. The summed E-state index contributed by atoms with van der Waals surface area (Å²) in [4.78, 5) is 34.5. The largest absolute Gasteiger partial charge is 0.476 e. The average Bonchev–Trinajstić information content (AvgIpc) is 2.67. The maximum atomic E-state index is 11.9. The molecular formula is C18H24N6O3. The van der Waals surface area contributed by atoms with Gasteiger partial charge in [0.15, 0.2) is 0 Å². The number of carbonyl (C=O) groups excluding carboxylic acids is 1. The summed E-state index contributed by atoms with van der Waals surface area (Å²) in [6.07, 6.45) is 5.07. The predicted octanol–water partition coefficient (Wildman–Crippen LogP) is 0.527. The number of nitrogens with zero attached hydrogens (tertiary/aromatic N) is 5. The molecule has 1 aliphatic heterocycles. The predicted molar refractivity (Wildman–Crippen MR) is 99.8 cm³/mol. The summed E-state index contributed by atoms with van der Waals surface area (Å²) in [5, 5.41) is 6.55. The van der Waals surface area contributed by atoms with Crippen molar-refractivity contribution in [3.63, 3.8) is 0 Å². The van der Waals surface area contributed by atoms with E-state index in [1.165, 1.54) is 37.6 Å². The van der Waals surface area contributed by atoms with E-state index in [0.29, 0.717) is 18.2 Å². The molecule has 1 amide bonds. The fraction of sp³-hybridized carbons (Fsp3) is 0.500. The fourth-order valence-electron chi connectivity index (χ4n) is 2.93. The smallest absolute Gasteiger partial charge is 0.267 e. The van der Waals surface area contributed by atoms with Gasteiger partial charge in [-0.05, 0) is 32.3 Å². The Morgan fingerprint density at radius 3 is 2.85 bits per heavy atom. The zero-order valence-corrected chi connectivity index (χ0v) is 15.4. The third kappa shape index (κ3) is 5.50. The molecule has 1 aliphatic rings. The minimum absolute atomic E-state index is 0.120. The molecule has 2 aromatic heterocycles. The maximum absolute atomic E-state index is 11.9. The number of aryl methyl sites for hydroxylation is 1. The van der Waals surface area contributed by atoms with E-state index in [1.54, 1.807) is 0 Å². The average molecular weight is 372 g/mol. The summed E-state index contributed by atoms with van der Waals surface area (Å²) in [7, 11) is 0. The molecule has 3 rings (SSSR count). The summed E-state index contributed by atoms with van der Waals surface area (Å²) in [5.41, 5.74) is -0.314. The van der Waals surface area contributed by atoms with E-state index < -0.39 is 0 Å². The monoisotopic (exact) mass is 372 g/mol. The van der Waals surface area contributed by atoms with E-state index in [4.69, 9.17) is 4.74 Å². The van der Waals surface area contributed by atoms with Crippen molar-refractivity contribution in [1.29, 1.82) is 0 Å². The van der Waals surface area contributed by atoms with E-state index in [0.717, 1.165) is 23.6 Å². The number of amides is 1. The van der Waals surface area contributed by atoms with Crippen molar-refractivity contribution in [3.8, 4) is 5.88 Å². The molecule has 0 bridgehead atoms. The quantitative estimate of drug-likeness (QED) is 0.707. The molecule has 9 nitrogen and oxygen atoms in total. The lowest BCUT2D eigenvalue weighted by molar-refractivity contribution is -0.122. The first-order valence-corrected chi connectivity index (χ1v) is 9.14. The lowest BCUT2D eigenvalue weighted by Gasteiger charge is -2.28. The molecule has 3 heterocycles. The topological polar surface area (TPSA) is 102 Å². The van der Waals surface area contributed by atoms with Crippen molar-refractivity contribution in [3.05, 3.63) is 40.6 Å². The van der Waals surface area contributed by atoms with Crippen LogP contribution in [0.2, 0.25) is 0 Å². The number of hydrogen-bond acceptors (Lipinski definition) is 7. The second kappa shape index (κ2) is 9.11. The number of anilines is 1. The van der Waals surface area contributed by atoms with E-state index in [-0.39, 0.29) is 24.6 Å². The second-order valence-electron chi connectivity index (χ2n) is 6.38. The molecule has 0 radical (unpaired) electrons. The first-order valence-electron chi connectivity index (χ1n) is 9.14. The number of rotatable bonds is 7. The van der Waals surface area contributed by atoms with Crippen LogP contribution in [0, 0.1) is 6.92 Å². The van der Waals surface area contributed by atoms with Gasteiger partial charge >= 0.3 is 0 Å². The highest BCUT2D eigenvalue weighted by Gasteiger charge is 2.14. The van der Waals surface area contributed by atoms with Crippen LogP contribution in [0.1, 0.15) is 25.1 Å². The molecule has 0 unspecified atom stereocenters. The van der Waals surface area contributed by atoms with Crippen LogP contribution in [0.5, 0.6) is 5.88 Å². The molecule has 1 fully saturated rings. The first-order chi connectivity index (χ1) is 13.1. The molecule has 0 aromatic carbocycles. The summed E-state index contributed by atoms with van der Waals surface area (Å²) < 4.78 is 6.77.